The summed E-state index contributed by atoms with van der Waals surface area (Å²) in [6, 6.07) is 46.8. The Labute approximate surface area is 205 Å². The number of benzene rings is 7. The van der Waals surface area contributed by atoms with Gasteiger partial charge in [0.05, 0.1) is 0 Å². The first-order chi connectivity index (χ1) is 17.3. The van der Waals surface area contributed by atoms with Crippen LogP contribution in [0, 0.1) is 6.92 Å². The third-order valence-electron chi connectivity index (χ3n) is 7.25. The molecule has 0 N–H and O–H groups in total. The van der Waals surface area contributed by atoms with Crippen molar-refractivity contribution in [3.8, 4) is 22.3 Å². The van der Waals surface area contributed by atoms with Crippen LogP contribution in [0.4, 0.5) is 0 Å². The second-order valence-corrected chi connectivity index (χ2v) is 9.47. The summed E-state index contributed by atoms with van der Waals surface area (Å²) in [6.45, 7) is 2.15. The first-order valence-corrected chi connectivity index (χ1v) is 12.2. The monoisotopic (exact) mass is 444 g/mol. The van der Waals surface area contributed by atoms with Crippen LogP contribution < -0.4 is 0 Å². The Kier molecular flexibility index (Phi) is 4.47. The fourth-order valence-electron chi connectivity index (χ4n) is 5.62. The zero-order chi connectivity index (χ0) is 23.4. The summed E-state index contributed by atoms with van der Waals surface area (Å²) in [5.41, 5.74) is 6.43. The second kappa shape index (κ2) is 7.82. The van der Waals surface area contributed by atoms with Crippen LogP contribution >= 0.6 is 0 Å². The summed E-state index contributed by atoms with van der Waals surface area (Å²) < 4.78 is 0. The van der Waals surface area contributed by atoms with E-state index in [0.717, 1.165) is 0 Å². The second-order valence-electron chi connectivity index (χ2n) is 9.47. The lowest BCUT2D eigenvalue weighted by atomic mass is 9.85. The van der Waals surface area contributed by atoms with Gasteiger partial charge in [-0.25, -0.2) is 0 Å². The lowest BCUT2D eigenvalue weighted by molar-refractivity contribution is 1.51. The molecule has 0 aromatic heterocycles. The molecule has 0 aliphatic rings. The van der Waals surface area contributed by atoms with E-state index in [-0.39, 0.29) is 0 Å². The van der Waals surface area contributed by atoms with Crippen LogP contribution in [0.5, 0.6) is 0 Å². The van der Waals surface area contributed by atoms with Gasteiger partial charge in [0.15, 0.2) is 0 Å². The molecule has 0 nitrogen and oxygen atoms in total. The summed E-state index contributed by atoms with van der Waals surface area (Å²) in [6.07, 6.45) is 0. The highest BCUT2D eigenvalue weighted by atomic mass is 14.2. The minimum atomic E-state index is 1.26. The molecular weight excluding hydrogens is 420 g/mol. The van der Waals surface area contributed by atoms with Crippen molar-refractivity contribution in [2.45, 2.75) is 6.92 Å². The third-order valence-corrected chi connectivity index (χ3v) is 7.25. The largest absolute Gasteiger partial charge is 0.0616 e. The quantitative estimate of drug-likeness (QED) is 0.233. The first kappa shape index (κ1) is 20.0. The molecule has 0 fully saturated rings. The molecule has 0 radical (unpaired) electrons. The molecule has 0 aliphatic carbocycles. The normalized spacial score (nSPS) is 11.6. The molecule has 0 heteroatoms. The zero-order valence-corrected chi connectivity index (χ0v) is 19.6. The van der Waals surface area contributed by atoms with Gasteiger partial charge in [0, 0.05) is 0 Å². The highest BCUT2D eigenvalue weighted by molar-refractivity contribution is 6.22. The van der Waals surface area contributed by atoms with Gasteiger partial charge in [0.2, 0.25) is 0 Å². The Morgan fingerprint density at radius 2 is 0.743 bits per heavy atom. The van der Waals surface area contributed by atoms with Gasteiger partial charge < -0.3 is 0 Å². The molecular formula is C35H24. The molecule has 7 rings (SSSR count). The van der Waals surface area contributed by atoms with E-state index in [1.807, 2.05) is 0 Å². The average Bonchev–Trinajstić information content (AvgIpc) is 2.91. The van der Waals surface area contributed by atoms with Crippen LogP contribution in [-0.2, 0) is 0 Å². The highest BCUT2D eigenvalue weighted by Crippen LogP contribution is 2.44. The highest BCUT2D eigenvalue weighted by Gasteiger charge is 2.16. The van der Waals surface area contributed by atoms with Gasteiger partial charge in [-0.05, 0) is 84.4 Å². The van der Waals surface area contributed by atoms with E-state index in [2.05, 4.69) is 134 Å². The van der Waals surface area contributed by atoms with Crippen molar-refractivity contribution < 1.29 is 0 Å². The number of fused-ring (bicyclic) bond motifs is 4. The Morgan fingerprint density at radius 3 is 1.31 bits per heavy atom. The Balaban J connectivity index is 1.59. The van der Waals surface area contributed by atoms with Gasteiger partial charge in [-0.1, -0.05) is 121 Å². The van der Waals surface area contributed by atoms with Gasteiger partial charge >= 0.3 is 0 Å². The summed E-state index contributed by atoms with van der Waals surface area (Å²) >= 11 is 0. The van der Waals surface area contributed by atoms with Crippen molar-refractivity contribution >= 4 is 43.1 Å². The Bertz CT molecular complexity index is 1850. The predicted molar refractivity (Wildman–Crippen MR) is 152 cm³/mol. The maximum absolute atomic E-state index is 2.35. The predicted octanol–water partition coefficient (Wildman–Crippen LogP) is 9.94. The van der Waals surface area contributed by atoms with Crippen molar-refractivity contribution in [1.29, 1.82) is 0 Å². The van der Waals surface area contributed by atoms with E-state index in [0.29, 0.717) is 0 Å². The van der Waals surface area contributed by atoms with Crippen LogP contribution in [0.25, 0.3) is 65.3 Å². The minimum Gasteiger partial charge on any atom is -0.0616 e. The summed E-state index contributed by atoms with van der Waals surface area (Å²) in [7, 11) is 0. The van der Waals surface area contributed by atoms with Crippen molar-refractivity contribution in [1.82, 2.24) is 0 Å². The number of rotatable bonds is 2. The number of aryl methyl sites for hydroxylation is 1. The first-order valence-electron chi connectivity index (χ1n) is 12.2. The van der Waals surface area contributed by atoms with Gasteiger partial charge in [-0.3, -0.25) is 0 Å². The van der Waals surface area contributed by atoms with E-state index in [1.54, 1.807) is 0 Å². The van der Waals surface area contributed by atoms with E-state index in [4.69, 9.17) is 0 Å². The standard InChI is InChI=1S/C35H24/c1-23-14-15-27-22-29(19-17-26(27)20-23)35-32-12-6-4-10-30(32)34(31-11-5-7-13-33(31)35)28-18-16-24-8-2-3-9-25(24)21-28/h2-22H,1H3. The number of hydrogen-bond donors (Lipinski definition) is 0. The van der Waals surface area contributed by atoms with Gasteiger partial charge in [-0.15, -0.1) is 0 Å². The molecule has 7 aromatic rings. The molecule has 0 bridgehead atoms. The maximum Gasteiger partial charge on any atom is -0.00262 e. The van der Waals surface area contributed by atoms with Gasteiger partial charge in [0.1, 0.15) is 0 Å². The topological polar surface area (TPSA) is 0 Å². The van der Waals surface area contributed by atoms with Crippen LogP contribution in [0.1, 0.15) is 5.56 Å². The van der Waals surface area contributed by atoms with Crippen LogP contribution in [-0.4, -0.2) is 0 Å². The van der Waals surface area contributed by atoms with Gasteiger partial charge in [0.25, 0.3) is 0 Å². The lowest BCUT2D eigenvalue weighted by Crippen LogP contribution is -1.91. The summed E-state index contributed by atoms with van der Waals surface area (Å²) in [5, 5.41) is 10.3. The summed E-state index contributed by atoms with van der Waals surface area (Å²) in [4.78, 5) is 0. The molecule has 0 aliphatic heterocycles. The maximum atomic E-state index is 2.35. The smallest absolute Gasteiger partial charge is 0.00262 e. The number of hydrogen-bond acceptors (Lipinski definition) is 0. The third kappa shape index (κ3) is 3.22. The van der Waals surface area contributed by atoms with Crippen LogP contribution in [0.2, 0.25) is 0 Å². The van der Waals surface area contributed by atoms with Crippen molar-refractivity contribution in [3.05, 3.63) is 133 Å². The van der Waals surface area contributed by atoms with E-state index in [9.17, 15) is 0 Å². The molecule has 0 atom stereocenters. The minimum absolute atomic E-state index is 1.26. The van der Waals surface area contributed by atoms with Crippen molar-refractivity contribution in [2.75, 3.05) is 0 Å². The average molecular weight is 445 g/mol. The molecule has 0 saturated carbocycles. The Hall–Kier alpha value is -4.42. The molecule has 0 heterocycles. The van der Waals surface area contributed by atoms with Crippen molar-refractivity contribution in [3.63, 3.8) is 0 Å². The molecule has 0 unspecified atom stereocenters. The fraction of sp³-hybridized carbons (Fsp3) is 0.0286. The molecule has 0 spiro atoms. The lowest BCUT2D eigenvalue weighted by Gasteiger charge is -2.18. The SMILES string of the molecule is Cc1ccc2cc(-c3c4ccccc4c(-c4ccc5ccccc5c4)c4ccccc34)ccc2c1. The molecule has 0 saturated heterocycles. The molecule has 7 aromatic carbocycles. The Morgan fingerprint density at radius 1 is 0.343 bits per heavy atom. The molecule has 164 valence electrons. The van der Waals surface area contributed by atoms with Crippen LogP contribution in [0.3, 0.4) is 0 Å². The van der Waals surface area contributed by atoms with E-state index >= 15 is 0 Å². The molecule has 35 heavy (non-hydrogen) atoms. The van der Waals surface area contributed by atoms with Crippen molar-refractivity contribution in [2.24, 2.45) is 0 Å². The fourth-order valence-corrected chi connectivity index (χ4v) is 5.62. The zero-order valence-electron chi connectivity index (χ0n) is 19.6. The van der Waals surface area contributed by atoms with E-state index in [1.165, 1.54) is 70.9 Å². The van der Waals surface area contributed by atoms with E-state index < -0.39 is 0 Å². The van der Waals surface area contributed by atoms with Gasteiger partial charge in [-0.2, -0.15) is 0 Å². The van der Waals surface area contributed by atoms with Crippen LogP contribution in [0.15, 0.2) is 127 Å². The molecule has 0 amide bonds. The summed E-state index contributed by atoms with van der Waals surface area (Å²) in [5.74, 6) is 0.